The van der Waals surface area contributed by atoms with E-state index in [1.54, 1.807) is 0 Å². The summed E-state index contributed by atoms with van der Waals surface area (Å²) >= 11 is 0. The van der Waals surface area contributed by atoms with Crippen molar-refractivity contribution < 1.29 is 4.74 Å². The van der Waals surface area contributed by atoms with Crippen molar-refractivity contribution in [2.24, 2.45) is 0 Å². The second-order valence-electron chi connectivity index (χ2n) is 10.3. The van der Waals surface area contributed by atoms with Crippen LogP contribution in [-0.4, -0.2) is 48.8 Å². The van der Waals surface area contributed by atoms with Crippen LogP contribution in [0.2, 0.25) is 0 Å². The first-order valence-electron chi connectivity index (χ1n) is 13.4. The van der Waals surface area contributed by atoms with Gasteiger partial charge in [-0.1, -0.05) is 50.8 Å². The number of tetrazole rings is 1. The van der Waals surface area contributed by atoms with Gasteiger partial charge in [0.15, 0.2) is 5.82 Å². The Labute approximate surface area is 207 Å². The van der Waals surface area contributed by atoms with Gasteiger partial charge >= 0.3 is 0 Å². The third-order valence-electron chi connectivity index (χ3n) is 7.78. The zero-order valence-corrected chi connectivity index (χ0v) is 21.1. The Balaban J connectivity index is 1.50. The SMILES string of the molecule is CCC[C@H](c1nnnn1C[C@H]1CCCO1)N(Cc1cc2cccc(C)c2[nH]c1=O)C1CCCCC1. The Bertz CT molecular complexity index is 1180. The van der Waals surface area contributed by atoms with E-state index in [-0.39, 0.29) is 17.7 Å². The minimum Gasteiger partial charge on any atom is -0.376 e. The number of H-pyrrole nitrogens is 1. The predicted molar refractivity (Wildman–Crippen MR) is 136 cm³/mol. The Morgan fingerprint density at radius 3 is 2.83 bits per heavy atom. The number of ether oxygens (including phenoxy) is 1. The maximum Gasteiger partial charge on any atom is 0.252 e. The lowest BCUT2D eigenvalue weighted by Gasteiger charge is -2.39. The van der Waals surface area contributed by atoms with Crippen LogP contribution in [0.3, 0.4) is 0 Å². The molecule has 188 valence electrons. The molecule has 0 amide bonds. The first kappa shape index (κ1) is 24.1. The summed E-state index contributed by atoms with van der Waals surface area (Å²) in [6.45, 7) is 6.36. The van der Waals surface area contributed by atoms with E-state index in [0.29, 0.717) is 19.1 Å². The molecule has 1 saturated heterocycles. The summed E-state index contributed by atoms with van der Waals surface area (Å²) < 4.78 is 7.84. The number of benzene rings is 1. The van der Waals surface area contributed by atoms with Gasteiger partial charge < -0.3 is 9.72 Å². The molecule has 0 spiro atoms. The topological polar surface area (TPSA) is 88.9 Å². The lowest BCUT2D eigenvalue weighted by Crippen LogP contribution is -2.41. The van der Waals surface area contributed by atoms with Gasteiger partial charge in [0.2, 0.25) is 0 Å². The molecule has 8 nitrogen and oxygen atoms in total. The zero-order valence-electron chi connectivity index (χ0n) is 21.1. The molecule has 1 aromatic carbocycles. The highest BCUT2D eigenvalue weighted by Gasteiger charge is 2.33. The number of nitrogens with zero attached hydrogens (tertiary/aromatic N) is 5. The molecule has 2 fully saturated rings. The summed E-state index contributed by atoms with van der Waals surface area (Å²) in [7, 11) is 0. The van der Waals surface area contributed by atoms with Crippen molar-refractivity contribution in [3.05, 3.63) is 51.6 Å². The molecular formula is C27H38N6O2. The van der Waals surface area contributed by atoms with Crippen molar-refractivity contribution in [1.29, 1.82) is 0 Å². The van der Waals surface area contributed by atoms with Crippen LogP contribution < -0.4 is 5.56 Å². The molecule has 1 N–H and O–H groups in total. The summed E-state index contributed by atoms with van der Waals surface area (Å²) in [5.41, 5.74) is 2.83. The van der Waals surface area contributed by atoms with E-state index in [2.05, 4.69) is 50.5 Å². The van der Waals surface area contributed by atoms with Crippen LogP contribution in [0.5, 0.6) is 0 Å². The van der Waals surface area contributed by atoms with Crippen LogP contribution in [0.1, 0.15) is 87.7 Å². The first-order valence-corrected chi connectivity index (χ1v) is 13.4. The van der Waals surface area contributed by atoms with Crippen LogP contribution in [0, 0.1) is 6.92 Å². The maximum absolute atomic E-state index is 13.2. The quantitative estimate of drug-likeness (QED) is 0.480. The van der Waals surface area contributed by atoms with Gasteiger partial charge in [-0.2, -0.15) is 0 Å². The van der Waals surface area contributed by atoms with Gasteiger partial charge in [-0.25, -0.2) is 4.68 Å². The summed E-state index contributed by atoms with van der Waals surface area (Å²) in [6.07, 6.45) is 10.3. The molecule has 0 radical (unpaired) electrons. The number of rotatable bonds is 9. The maximum atomic E-state index is 13.2. The number of hydrogen-bond acceptors (Lipinski definition) is 6. The van der Waals surface area contributed by atoms with Gasteiger partial charge in [-0.05, 0) is 66.5 Å². The predicted octanol–water partition coefficient (Wildman–Crippen LogP) is 4.68. The fraction of sp³-hybridized carbons (Fsp3) is 0.630. The molecular weight excluding hydrogens is 440 g/mol. The summed E-state index contributed by atoms with van der Waals surface area (Å²) in [6, 6.07) is 8.73. The van der Waals surface area contributed by atoms with E-state index in [0.717, 1.165) is 73.0 Å². The second kappa shape index (κ2) is 11.0. The molecule has 2 atom stereocenters. The number of aryl methyl sites for hydroxylation is 1. The third kappa shape index (κ3) is 5.33. The first-order chi connectivity index (χ1) is 17.1. The number of para-hydroxylation sites is 1. The van der Waals surface area contributed by atoms with E-state index in [4.69, 9.17) is 4.74 Å². The van der Waals surface area contributed by atoms with Gasteiger partial charge in [0.1, 0.15) is 0 Å². The summed E-state index contributed by atoms with van der Waals surface area (Å²) in [5.74, 6) is 0.904. The summed E-state index contributed by atoms with van der Waals surface area (Å²) in [4.78, 5) is 18.9. The number of fused-ring (bicyclic) bond motifs is 1. The van der Waals surface area contributed by atoms with Gasteiger partial charge in [0.25, 0.3) is 5.56 Å². The molecule has 1 aliphatic carbocycles. The van der Waals surface area contributed by atoms with Crippen molar-refractivity contribution >= 4 is 10.9 Å². The normalized spacial score (nSPS) is 20.1. The van der Waals surface area contributed by atoms with Gasteiger partial charge in [0.05, 0.1) is 24.2 Å². The van der Waals surface area contributed by atoms with Crippen LogP contribution in [0.15, 0.2) is 29.1 Å². The average molecular weight is 479 g/mol. The number of aromatic nitrogens is 5. The molecule has 35 heavy (non-hydrogen) atoms. The highest BCUT2D eigenvalue weighted by molar-refractivity contribution is 5.81. The van der Waals surface area contributed by atoms with Crippen molar-refractivity contribution in [2.45, 2.75) is 103 Å². The lowest BCUT2D eigenvalue weighted by molar-refractivity contribution is 0.0713. The van der Waals surface area contributed by atoms with Crippen molar-refractivity contribution in [3.8, 4) is 0 Å². The molecule has 0 bridgehead atoms. The minimum absolute atomic E-state index is 0.00167. The highest BCUT2D eigenvalue weighted by Crippen LogP contribution is 2.34. The van der Waals surface area contributed by atoms with E-state index >= 15 is 0 Å². The zero-order chi connectivity index (χ0) is 24.2. The van der Waals surface area contributed by atoms with Crippen molar-refractivity contribution in [3.63, 3.8) is 0 Å². The largest absolute Gasteiger partial charge is 0.376 e. The van der Waals surface area contributed by atoms with Gasteiger partial charge in [0, 0.05) is 24.8 Å². The Kier molecular flexibility index (Phi) is 7.58. The van der Waals surface area contributed by atoms with Gasteiger partial charge in [-0.3, -0.25) is 9.69 Å². The molecule has 2 aliphatic rings. The fourth-order valence-electron chi connectivity index (χ4n) is 5.93. The minimum atomic E-state index is 0.00167. The monoisotopic (exact) mass is 478 g/mol. The molecule has 2 aromatic heterocycles. The lowest BCUT2D eigenvalue weighted by atomic mass is 9.91. The second-order valence-corrected chi connectivity index (χ2v) is 10.3. The van der Waals surface area contributed by atoms with E-state index in [1.165, 1.54) is 19.3 Å². The molecule has 3 heterocycles. The highest BCUT2D eigenvalue weighted by atomic mass is 16.5. The van der Waals surface area contributed by atoms with Crippen molar-refractivity contribution in [2.75, 3.05) is 6.61 Å². The fourth-order valence-corrected chi connectivity index (χ4v) is 5.93. The van der Waals surface area contributed by atoms with Crippen LogP contribution in [-0.2, 0) is 17.8 Å². The number of hydrogen-bond donors (Lipinski definition) is 1. The van der Waals surface area contributed by atoms with E-state index in [1.807, 2.05) is 17.7 Å². The van der Waals surface area contributed by atoms with Crippen molar-refractivity contribution in [1.82, 2.24) is 30.1 Å². The standard InChI is InChI=1S/C27H38N6O2/c1-3-9-24(26-29-30-31-33(26)18-23-14-8-15-35-23)32(22-12-5-4-6-13-22)17-21-16-20-11-7-10-19(2)25(20)28-27(21)34/h7,10-11,16,22-24H,3-6,8-9,12-15,17-18H2,1-2H3,(H,28,34)/t23-,24-/m1/s1. The number of pyridine rings is 1. The van der Waals surface area contributed by atoms with Crippen LogP contribution in [0.4, 0.5) is 0 Å². The molecule has 3 aromatic rings. The average Bonchev–Trinajstić information content (AvgIpc) is 3.55. The summed E-state index contributed by atoms with van der Waals surface area (Å²) in [5, 5.41) is 14.1. The van der Waals surface area contributed by atoms with E-state index in [9.17, 15) is 4.79 Å². The van der Waals surface area contributed by atoms with Crippen LogP contribution in [0.25, 0.3) is 10.9 Å². The number of aromatic amines is 1. The van der Waals surface area contributed by atoms with Gasteiger partial charge in [-0.15, -0.1) is 5.10 Å². The Morgan fingerprint density at radius 2 is 2.06 bits per heavy atom. The van der Waals surface area contributed by atoms with Crippen LogP contribution >= 0.6 is 0 Å². The molecule has 1 aliphatic heterocycles. The molecule has 5 rings (SSSR count). The Hall–Kier alpha value is -2.58. The van der Waals surface area contributed by atoms with E-state index < -0.39 is 0 Å². The molecule has 8 heteroatoms. The smallest absolute Gasteiger partial charge is 0.252 e. The molecule has 1 saturated carbocycles. The number of nitrogens with one attached hydrogen (secondary N) is 1. The Morgan fingerprint density at radius 1 is 1.20 bits per heavy atom. The third-order valence-corrected chi connectivity index (χ3v) is 7.78. The molecule has 0 unspecified atom stereocenters.